The molecular formula is C21H20FN3O3S. The van der Waals surface area contributed by atoms with Crippen molar-refractivity contribution in [2.24, 2.45) is 0 Å². The van der Waals surface area contributed by atoms with Gasteiger partial charge in [0.1, 0.15) is 11.5 Å². The van der Waals surface area contributed by atoms with Crippen LogP contribution in [0.4, 0.5) is 4.39 Å². The van der Waals surface area contributed by atoms with E-state index in [4.69, 9.17) is 0 Å². The lowest BCUT2D eigenvalue weighted by molar-refractivity contribution is 0.0743. The molecule has 1 unspecified atom stereocenters. The molecule has 8 heteroatoms. The molecule has 6 nitrogen and oxygen atoms in total. The number of nitrogens with one attached hydrogen (secondary N) is 1. The van der Waals surface area contributed by atoms with Gasteiger partial charge in [0, 0.05) is 18.2 Å². The number of carbonyl (C=O) groups is 1. The molecule has 0 radical (unpaired) electrons. The minimum Gasteiger partial charge on any atom is -0.333 e. The van der Waals surface area contributed by atoms with Gasteiger partial charge in [0.2, 0.25) is 0 Å². The Kier molecular flexibility index (Phi) is 5.19. The highest BCUT2D eigenvalue weighted by atomic mass is 32.2. The van der Waals surface area contributed by atoms with E-state index in [1.165, 1.54) is 12.1 Å². The molecule has 1 aliphatic rings. The molecule has 1 saturated heterocycles. The number of carbonyl (C=O) groups excluding carboxylic acids is 1. The largest absolute Gasteiger partial charge is 0.333 e. The van der Waals surface area contributed by atoms with E-state index < -0.39 is 9.84 Å². The molecule has 0 spiro atoms. The standard InChI is InChI=1S/C21H20FN3O3S/c22-16-10-8-15(9-11-16)19-13-20(24-23-19)21(26)25-12-4-5-17(25)14-29(27,28)18-6-2-1-3-7-18/h1-3,6-11,13,17H,4-5,12,14H2,(H,23,24). The number of benzene rings is 2. The Morgan fingerprint density at radius 2 is 1.86 bits per heavy atom. The molecule has 1 aliphatic heterocycles. The molecule has 0 saturated carbocycles. The molecule has 1 atom stereocenters. The average Bonchev–Trinajstić information content (AvgIpc) is 3.38. The average molecular weight is 413 g/mol. The highest BCUT2D eigenvalue weighted by Gasteiger charge is 2.34. The molecule has 2 aromatic carbocycles. The SMILES string of the molecule is O=C(c1cc(-c2ccc(F)cc2)n[nH]1)N1CCCC1CS(=O)(=O)c1ccccc1. The van der Waals surface area contributed by atoms with Crippen LogP contribution in [0, 0.1) is 5.82 Å². The van der Waals surface area contributed by atoms with Gasteiger partial charge in [0.25, 0.3) is 5.91 Å². The first-order chi connectivity index (χ1) is 13.9. The Labute approximate surface area is 168 Å². The van der Waals surface area contributed by atoms with Crippen molar-refractivity contribution in [2.45, 2.75) is 23.8 Å². The van der Waals surface area contributed by atoms with Gasteiger partial charge < -0.3 is 4.90 Å². The topological polar surface area (TPSA) is 83.1 Å². The van der Waals surface area contributed by atoms with Crippen molar-refractivity contribution >= 4 is 15.7 Å². The summed E-state index contributed by atoms with van der Waals surface area (Å²) in [5, 5.41) is 6.87. The Balaban J connectivity index is 1.52. The predicted octanol–water partition coefficient (Wildman–Crippen LogP) is 3.29. The third-order valence-corrected chi connectivity index (χ3v) is 6.91. The Bertz CT molecular complexity index is 1110. The van der Waals surface area contributed by atoms with Gasteiger partial charge in [-0.25, -0.2) is 12.8 Å². The first kappa shape index (κ1) is 19.3. The van der Waals surface area contributed by atoms with Crippen molar-refractivity contribution in [3.63, 3.8) is 0 Å². The summed E-state index contributed by atoms with van der Waals surface area (Å²) >= 11 is 0. The van der Waals surface area contributed by atoms with Crippen LogP contribution >= 0.6 is 0 Å². The van der Waals surface area contributed by atoms with E-state index in [0.29, 0.717) is 24.2 Å². The third-order valence-electron chi connectivity index (χ3n) is 5.10. The molecule has 150 valence electrons. The molecule has 2 heterocycles. The summed E-state index contributed by atoms with van der Waals surface area (Å²) in [4.78, 5) is 14.8. The van der Waals surface area contributed by atoms with Crippen LogP contribution < -0.4 is 0 Å². The second-order valence-corrected chi connectivity index (χ2v) is 9.10. The van der Waals surface area contributed by atoms with Crippen molar-refractivity contribution in [3.05, 3.63) is 72.2 Å². The highest BCUT2D eigenvalue weighted by molar-refractivity contribution is 7.91. The lowest BCUT2D eigenvalue weighted by Gasteiger charge is -2.24. The monoisotopic (exact) mass is 413 g/mol. The summed E-state index contributed by atoms with van der Waals surface area (Å²) in [6.07, 6.45) is 1.39. The summed E-state index contributed by atoms with van der Waals surface area (Å²) in [6, 6.07) is 15.3. The zero-order valence-electron chi connectivity index (χ0n) is 15.6. The maximum Gasteiger partial charge on any atom is 0.272 e. The smallest absolute Gasteiger partial charge is 0.272 e. The van der Waals surface area contributed by atoms with Crippen molar-refractivity contribution in [2.75, 3.05) is 12.3 Å². The van der Waals surface area contributed by atoms with Crippen LogP contribution in [0.2, 0.25) is 0 Å². The van der Waals surface area contributed by atoms with Gasteiger partial charge in [-0.3, -0.25) is 9.89 Å². The maximum atomic E-state index is 13.1. The van der Waals surface area contributed by atoms with Crippen molar-refractivity contribution in [3.8, 4) is 11.3 Å². The van der Waals surface area contributed by atoms with Crippen LogP contribution in [-0.2, 0) is 9.84 Å². The predicted molar refractivity (Wildman–Crippen MR) is 107 cm³/mol. The summed E-state index contributed by atoms with van der Waals surface area (Å²) in [5.74, 6) is -0.737. The number of halogens is 1. The minimum absolute atomic E-state index is 0.109. The van der Waals surface area contributed by atoms with Crippen LogP contribution in [0.25, 0.3) is 11.3 Å². The maximum absolute atomic E-state index is 13.1. The molecule has 3 aromatic rings. The van der Waals surface area contributed by atoms with E-state index in [-0.39, 0.29) is 34.1 Å². The number of H-pyrrole nitrogens is 1. The fourth-order valence-electron chi connectivity index (χ4n) is 3.61. The summed E-state index contributed by atoms with van der Waals surface area (Å²) < 4.78 is 38.5. The number of likely N-dealkylation sites (tertiary alicyclic amines) is 1. The second kappa shape index (κ2) is 7.79. The fourth-order valence-corrected chi connectivity index (χ4v) is 5.23. The van der Waals surface area contributed by atoms with E-state index in [0.717, 1.165) is 6.42 Å². The molecule has 1 aromatic heterocycles. The Hall–Kier alpha value is -3.00. The van der Waals surface area contributed by atoms with E-state index in [1.54, 1.807) is 53.4 Å². The van der Waals surface area contributed by atoms with Gasteiger partial charge in [-0.2, -0.15) is 5.10 Å². The van der Waals surface area contributed by atoms with Gasteiger partial charge in [-0.15, -0.1) is 0 Å². The lowest BCUT2D eigenvalue weighted by atomic mass is 10.1. The number of rotatable bonds is 5. The third kappa shape index (κ3) is 4.07. The molecule has 1 N–H and O–H groups in total. The number of aromatic nitrogens is 2. The van der Waals surface area contributed by atoms with Crippen molar-refractivity contribution < 1.29 is 17.6 Å². The van der Waals surface area contributed by atoms with E-state index >= 15 is 0 Å². The number of hydrogen-bond donors (Lipinski definition) is 1. The zero-order valence-corrected chi connectivity index (χ0v) is 16.4. The van der Waals surface area contributed by atoms with E-state index in [1.807, 2.05) is 0 Å². The van der Waals surface area contributed by atoms with Gasteiger partial charge in [0.15, 0.2) is 9.84 Å². The first-order valence-electron chi connectivity index (χ1n) is 9.34. The molecule has 1 amide bonds. The Morgan fingerprint density at radius 3 is 2.59 bits per heavy atom. The molecule has 0 bridgehead atoms. The van der Waals surface area contributed by atoms with Crippen LogP contribution in [0.1, 0.15) is 23.3 Å². The number of nitrogens with zero attached hydrogens (tertiary/aromatic N) is 2. The van der Waals surface area contributed by atoms with Crippen molar-refractivity contribution in [1.29, 1.82) is 0 Å². The van der Waals surface area contributed by atoms with Crippen LogP contribution in [0.15, 0.2) is 65.6 Å². The van der Waals surface area contributed by atoms with E-state index in [2.05, 4.69) is 10.2 Å². The molecule has 29 heavy (non-hydrogen) atoms. The van der Waals surface area contributed by atoms with Gasteiger partial charge in [0.05, 0.1) is 16.3 Å². The summed E-state index contributed by atoms with van der Waals surface area (Å²) in [5.41, 5.74) is 1.50. The van der Waals surface area contributed by atoms with Gasteiger partial charge in [-0.1, -0.05) is 18.2 Å². The summed E-state index contributed by atoms with van der Waals surface area (Å²) in [6.45, 7) is 0.499. The number of hydrogen-bond acceptors (Lipinski definition) is 4. The highest BCUT2D eigenvalue weighted by Crippen LogP contribution is 2.25. The quantitative estimate of drug-likeness (QED) is 0.696. The van der Waals surface area contributed by atoms with Gasteiger partial charge >= 0.3 is 0 Å². The normalized spacial score (nSPS) is 16.9. The zero-order chi connectivity index (χ0) is 20.4. The van der Waals surface area contributed by atoms with Crippen LogP contribution in [0.3, 0.4) is 0 Å². The lowest BCUT2D eigenvalue weighted by Crippen LogP contribution is -2.39. The van der Waals surface area contributed by atoms with Crippen LogP contribution in [0.5, 0.6) is 0 Å². The van der Waals surface area contributed by atoms with E-state index in [9.17, 15) is 17.6 Å². The number of amides is 1. The number of sulfone groups is 1. The van der Waals surface area contributed by atoms with Crippen LogP contribution in [-0.4, -0.2) is 47.8 Å². The Morgan fingerprint density at radius 1 is 1.14 bits per heavy atom. The molecule has 0 aliphatic carbocycles. The fraction of sp³-hybridized carbons (Fsp3) is 0.238. The van der Waals surface area contributed by atoms with Crippen molar-refractivity contribution in [1.82, 2.24) is 15.1 Å². The second-order valence-electron chi connectivity index (χ2n) is 7.06. The van der Waals surface area contributed by atoms with Gasteiger partial charge in [-0.05, 0) is 55.3 Å². The molecular weight excluding hydrogens is 393 g/mol. The molecule has 1 fully saturated rings. The molecule has 4 rings (SSSR count). The first-order valence-corrected chi connectivity index (χ1v) is 11.0. The minimum atomic E-state index is -3.49. The number of aromatic amines is 1. The summed E-state index contributed by atoms with van der Waals surface area (Å²) in [7, 11) is -3.49.